The third-order valence-corrected chi connectivity index (χ3v) is 5.06. The van der Waals surface area contributed by atoms with Crippen LogP contribution in [0.15, 0.2) is 36.7 Å². The molecule has 1 fully saturated rings. The Morgan fingerprint density at radius 1 is 1.33 bits per heavy atom. The lowest BCUT2D eigenvalue weighted by Crippen LogP contribution is -2.34. The van der Waals surface area contributed by atoms with E-state index in [9.17, 15) is 18.0 Å². The third kappa shape index (κ3) is 3.94. The SMILES string of the molecule is CCc1cc(C(F)(F)F)n2nc([C@H]3CCCN3C(=O)COc3cccnc3)cc2n1. The van der Waals surface area contributed by atoms with Crippen LogP contribution in [0.1, 0.15) is 42.9 Å². The van der Waals surface area contributed by atoms with Gasteiger partial charge in [0.2, 0.25) is 0 Å². The van der Waals surface area contributed by atoms with Gasteiger partial charge in [-0.3, -0.25) is 9.78 Å². The lowest BCUT2D eigenvalue weighted by Gasteiger charge is -2.23. The maximum Gasteiger partial charge on any atom is 0.433 e. The Balaban J connectivity index is 1.60. The zero-order valence-electron chi connectivity index (χ0n) is 16.3. The topological polar surface area (TPSA) is 72.6 Å². The van der Waals surface area contributed by atoms with Crippen LogP contribution >= 0.6 is 0 Å². The number of ether oxygens (including phenoxy) is 1. The Morgan fingerprint density at radius 3 is 2.87 bits per heavy atom. The summed E-state index contributed by atoms with van der Waals surface area (Å²) in [5.74, 6) is 0.220. The van der Waals surface area contributed by atoms with Gasteiger partial charge in [-0.15, -0.1) is 0 Å². The van der Waals surface area contributed by atoms with Crippen LogP contribution in [-0.2, 0) is 17.4 Å². The highest BCUT2D eigenvalue weighted by Crippen LogP contribution is 2.34. The van der Waals surface area contributed by atoms with Gasteiger partial charge in [0.15, 0.2) is 12.3 Å². The van der Waals surface area contributed by atoms with E-state index in [2.05, 4.69) is 15.1 Å². The van der Waals surface area contributed by atoms with Crippen LogP contribution in [0.3, 0.4) is 0 Å². The molecule has 1 atom stereocenters. The van der Waals surface area contributed by atoms with Crippen LogP contribution in [0, 0.1) is 0 Å². The fourth-order valence-corrected chi connectivity index (χ4v) is 3.62. The molecule has 3 aromatic heterocycles. The van der Waals surface area contributed by atoms with Crippen molar-refractivity contribution in [1.82, 2.24) is 24.5 Å². The summed E-state index contributed by atoms with van der Waals surface area (Å²) in [6, 6.07) is 5.53. The summed E-state index contributed by atoms with van der Waals surface area (Å²) in [4.78, 5) is 22.5. The second-order valence-corrected chi connectivity index (χ2v) is 7.05. The minimum atomic E-state index is -4.56. The average Bonchev–Trinajstić information content (AvgIpc) is 3.37. The largest absolute Gasteiger partial charge is 0.482 e. The van der Waals surface area contributed by atoms with Gasteiger partial charge in [-0.1, -0.05) is 6.92 Å². The summed E-state index contributed by atoms with van der Waals surface area (Å²) in [5, 5.41) is 4.18. The highest BCUT2D eigenvalue weighted by Gasteiger charge is 2.37. The Kier molecular flexibility index (Phi) is 5.31. The van der Waals surface area contributed by atoms with Crippen LogP contribution < -0.4 is 4.74 Å². The fourth-order valence-electron chi connectivity index (χ4n) is 3.62. The number of carbonyl (C=O) groups is 1. The summed E-state index contributed by atoms with van der Waals surface area (Å²) in [6.07, 6.45) is 0.271. The van der Waals surface area contributed by atoms with Crippen molar-refractivity contribution >= 4 is 11.6 Å². The molecule has 0 unspecified atom stereocenters. The molecule has 30 heavy (non-hydrogen) atoms. The Morgan fingerprint density at radius 2 is 2.17 bits per heavy atom. The van der Waals surface area contributed by atoms with Crippen molar-refractivity contribution in [2.75, 3.05) is 13.2 Å². The van der Waals surface area contributed by atoms with Crippen molar-refractivity contribution in [2.45, 2.75) is 38.4 Å². The lowest BCUT2D eigenvalue weighted by molar-refractivity contribution is -0.143. The zero-order chi connectivity index (χ0) is 21.3. The summed E-state index contributed by atoms with van der Waals surface area (Å²) in [7, 11) is 0. The molecular weight excluding hydrogens is 399 g/mol. The van der Waals surface area contributed by atoms with Crippen LogP contribution in [0.4, 0.5) is 13.2 Å². The summed E-state index contributed by atoms with van der Waals surface area (Å²) < 4.78 is 46.8. The average molecular weight is 419 g/mol. The fraction of sp³-hybridized carbons (Fsp3) is 0.400. The minimum Gasteiger partial charge on any atom is -0.482 e. The van der Waals surface area contributed by atoms with E-state index in [-0.39, 0.29) is 18.2 Å². The number of hydrogen-bond donors (Lipinski definition) is 0. The van der Waals surface area contributed by atoms with Crippen molar-refractivity contribution in [1.29, 1.82) is 0 Å². The predicted molar refractivity (Wildman–Crippen MR) is 101 cm³/mol. The number of aromatic nitrogens is 4. The van der Waals surface area contributed by atoms with E-state index < -0.39 is 17.9 Å². The van der Waals surface area contributed by atoms with Crippen LogP contribution in [0.25, 0.3) is 5.65 Å². The van der Waals surface area contributed by atoms with Crippen molar-refractivity contribution in [2.24, 2.45) is 0 Å². The van der Waals surface area contributed by atoms with E-state index in [1.807, 2.05) is 0 Å². The van der Waals surface area contributed by atoms with Gasteiger partial charge in [0.1, 0.15) is 11.4 Å². The van der Waals surface area contributed by atoms with Gasteiger partial charge in [0, 0.05) is 24.5 Å². The molecule has 158 valence electrons. The van der Waals surface area contributed by atoms with E-state index in [0.717, 1.165) is 17.0 Å². The molecule has 10 heteroatoms. The van der Waals surface area contributed by atoms with E-state index in [1.54, 1.807) is 30.2 Å². The van der Waals surface area contributed by atoms with Gasteiger partial charge in [-0.2, -0.15) is 18.3 Å². The van der Waals surface area contributed by atoms with E-state index in [4.69, 9.17) is 4.74 Å². The van der Waals surface area contributed by atoms with E-state index in [1.165, 1.54) is 12.3 Å². The summed E-state index contributed by atoms with van der Waals surface area (Å²) in [6.45, 7) is 2.06. The molecule has 4 rings (SSSR count). The normalized spacial score (nSPS) is 16.9. The van der Waals surface area contributed by atoms with Crippen molar-refractivity contribution in [3.05, 3.63) is 53.7 Å². The van der Waals surface area contributed by atoms with E-state index in [0.29, 0.717) is 36.5 Å². The maximum atomic E-state index is 13.5. The molecule has 0 radical (unpaired) electrons. The monoisotopic (exact) mass is 419 g/mol. The van der Waals surface area contributed by atoms with Gasteiger partial charge in [-0.05, 0) is 37.5 Å². The van der Waals surface area contributed by atoms with Crippen molar-refractivity contribution < 1.29 is 22.7 Å². The number of alkyl halides is 3. The summed E-state index contributed by atoms with van der Waals surface area (Å²) >= 11 is 0. The predicted octanol–water partition coefficient (Wildman–Crippen LogP) is 3.45. The van der Waals surface area contributed by atoms with Crippen LogP contribution in [0.2, 0.25) is 0 Å². The number of amides is 1. The number of rotatable bonds is 5. The Labute approximate surface area is 170 Å². The van der Waals surface area contributed by atoms with Gasteiger partial charge < -0.3 is 9.64 Å². The van der Waals surface area contributed by atoms with Gasteiger partial charge in [0.05, 0.1) is 17.9 Å². The van der Waals surface area contributed by atoms with Crippen molar-refractivity contribution in [3.63, 3.8) is 0 Å². The molecule has 0 N–H and O–H groups in total. The first-order valence-corrected chi connectivity index (χ1v) is 9.66. The van der Waals surface area contributed by atoms with Crippen LogP contribution in [-0.4, -0.2) is 43.5 Å². The number of hydrogen-bond acceptors (Lipinski definition) is 5. The number of likely N-dealkylation sites (tertiary alicyclic amines) is 1. The molecule has 0 saturated carbocycles. The number of aryl methyl sites for hydroxylation is 1. The first kappa shape index (κ1) is 20.1. The molecular formula is C20H20F3N5O2. The molecule has 1 saturated heterocycles. The van der Waals surface area contributed by atoms with Gasteiger partial charge in [0.25, 0.3) is 5.91 Å². The number of fused-ring (bicyclic) bond motifs is 1. The standard InChI is InChI=1S/C20H20F3N5O2/c1-2-13-9-17(20(21,22)23)28-18(25-13)10-15(26-28)16-6-4-8-27(16)19(29)12-30-14-5-3-7-24-11-14/h3,5,7,9-11,16H,2,4,6,8,12H2,1H3/t16-/m1/s1. The van der Waals surface area contributed by atoms with Crippen molar-refractivity contribution in [3.8, 4) is 5.75 Å². The Hall–Kier alpha value is -3.17. The molecule has 0 aliphatic carbocycles. The second-order valence-electron chi connectivity index (χ2n) is 7.05. The molecule has 1 amide bonds. The maximum absolute atomic E-state index is 13.5. The third-order valence-electron chi connectivity index (χ3n) is 5.06. The highest BCUT2D eigenvalue weighted by atomic mass is 19.4. The molecule has 1 aliphatic heterocycles. The molecule has 0 aromatic carbocycles. The van der Waals surface area contributed by atoms with Gasteiger partial charge in [-0.25, -0.2) is 9.50 Å². The van der Waals surface area contributed by atoms with Crippen LogP contribution in [0.5, 0.6) is 5.75 Å². The molecule has 7 nitrogen and oxygen atoms in total. The molecule has 0 spiro atoms. The number of halogens is 3. The lowest BCUT2D eigenvalue weighted by atomic mass is 10.1. The summed E-state index contributed by atoms with van der Waals surface area (Å²) in [5.41, 5.74) is -0.00653. The molecule has 1 aliphatic rings. The smallest absolute Gasteiger partial charge is 0.433 e. The first-order valence-electron chi connectivity index (χ1n) is 9.66. The highest BCUT2D eigenvalue weighted by molar-refractivity contribution is 5.78. The minimum absolute atomic E-state index is 0.127. The molecule has 4 heterocycles. The zero-order valence-corrected chi connectivity index (χ0v) is 16.3. The number of carbonyl (C=O) groups excluding carboxylic acids is 1. The molecule has 0 bridgehead atoms. The quantitative estimate of drug-likeness (QED) is 0.634. The molecule has 3 aromatic rings. The number of nitrogens with zero attached hydrogens (tertiary/aromatic N) is 5. The second kappa shape index (κ2) is 7.92. The van der Waals surface area contributed by atoms with E-state index >= 15 is 0 Å². The first-order chi connectivity index (χ1) is 14.4. The van der Waals surface area contributed by atoms with Gasteiger partial charge >= 0.3 is 6.18 Å². The Bertz CT molecular complexity index is 1050. The number of pyridine rings is 1.